The summed E-state index contributed by atoms with van der Waals surface area (Å²) in [7, 11) is -3.98. The van der Waals surface area contributed by atoms with Crippen molar-refractivity contribution in [3.63, 3.8) is 0 Å². The smallest absolute Gasteiger partial charge is 0.413 e. The van der Waals surface area contributed by atoms with Crippen LogP contribution in [0.2, 0.25) is 0 Å². The minimum Gasteiger partial charge on any atom is -0.444 e. The standard InChI is InChI=1S/C20H27BrFN3O5S/c1-18(2,3)30-17(27)24-16-20(7-5-8-20)31(28,29)14(6-9-26)19(4,25-16)13-10-12(21)11-23-15(13)22/h10-11,14,26H,5-9H2,1-4H3,(H,24,25,27)/t14-,19-/m1/s1. The van der Waals surface area contributed by atoms with Crippen molar-refractivity contribution < 1.29 is 27.4 Å². The molecular formula is C20H27BrFN3O5S. The van der Waals surface area contributed by atoms with Crippen LogP contribution in [0.4, 0.5) is 9.18 Å². The quantitative estimate of drug-likeness (QED) is 0.591. The maximum absolute atomic E-state index is 14.8. The minimum absolute atomic E-state index is 0.0402. The second-order valence-electron chi connectivity index (χ2n) is 9.12. The Hall–Kier alpha value is -1.59. The van der Waals surface area contributed by atoms with Gasteiger partial charge in [0.05, 0.1) is 5.25 Å². The van der Waals surface area contributed by atoms with Crippen LogP contribution in [0.1, 0.15) is 58.9 Å². The minimum atomic E-state index is -3.98. The number of rotatable bonds is 3. The molecule has 0 bridgehead atoms. The van der Waals surface area contributed by atoms with Gasteiger partial charge in [0.15, 0.2) is 9.84 Å². The second-order valence-corrected chi connectivity index (χ2v) is 12.5. The zero-order valence-corrected chi connectivity index (χ0v) is 20.3. The lowest BCUT2D eigenvalue weighted by Crippen LogP contribution is -2.67. The van der Waals surface area contributed by atoms with Crippen molar-refractivity contribution in [2.75, 3.05) is 6.61 Å². The van der Waals surface area contributed by atoms with Gasteiger partial charge in [-0.2, -0.15) is 4.39 Å². The van der Waals surface area contributed by atoms with Crippen LogP contribution in [0.5, 0.6) is 0 Å². The summed E-state index contributed by atoms with van der Waals surface area (Å²) in [6.07, 6.45) is 1.50. The van der Waals surface area contributed by atoms with E-state index in [0.717, 1.165) is 0 Å². The highest BCUT2D eigenvalue weighted by Crippen LogP contribution is 2.52. The van der Waals surface area contributed by atoms with Crippen molar-refractivity contribution in [1.29, 1.82) is 0 Å². The number of hydrogen-bond acceptors (Lipinski definition) is 7. The number of sulfone groups is 1. The van der Waals surface area contributed by atoms with Gasteiger partial charge in [-0.3, -0.25) is 10.3 Å². The summed E-state index contributed by atoms with van der Waals surface area (Å²) in [5.74, 6) is -0.919. The molecule has 1 aromatic heterocycles. The maximum atomic E-state index is 14.8. The average molecular weight is 520 g/mol. The van der Waals surface area contributed by atoms with Gasteiger partial charge in [0.1, 0.15) is 21.7 Å². The van der Waals surface area contributed by atoms with Crippen molar-refractivity contribution in [3.8, 4) is 0 Å². The Morgan fingerprint density at radius 3 is 2.58 bits per heavy atom. The molecule has 1 aliphatic carbocycles. The molecule has 1 aromatic rings. The fourth-order valence-corrected chi connectivity index (χ4v) is 7.54. The first-order chi connectivity index (χ1) is 14.3. The molecule has 1 fully saturated rings. The highest BCUT2D eigenvalue weighted by Gasteiger charge is 2.64. The number of amides is 1. The van der Waals surface area contributed by atoms with Crippen LogP contribution in [-0.4, -0.2) is 52.6 Å². The van der Waals surface area contributed by atoms with Crippen LogP contribution >= 0.6 is 15.9 Å². The number of aliphatic hydroxyl groups excluding tert-OH is 1. The molecule has 2 N–H and O–H groups in total. The fourth-order valence-electron chi connectivity index (χ4n) is 4.24. The van der Waals surface area contributed by atoms with E-state index in [0.29, 0.717) is 10.9 Å². The molecule has 31 heavy (non-hydrogen) atoms. The van der Waals surface area contributed by atoms with E-state index in [9.17, 15) is 22.7 Å². The molecule has 1 saturated carbocycles. The first-order valence-corrected chi connectivity index (χ1v) is 12.4. The van der Waals surface area contributed by atoms with Gasteiger partial charge in [-0.15, -0.1) is 0 Å². The van der Waals surface area contributed by atoms with Gasteiger partial charge >= 0.3 is 6.09 Å². The summed E-state index contributed by atoms with van der Waals surface area (Å²) in [4.78, 5) is 20.8. The van der Waals surface area contributed by atoms with Crippen molar-refractivity contribution in [2.24, 2.45) is 4.99 Å². The Bertz CT molecular complexity index is 1020. The van der Waals surface area contributed by atoms with Gasteiger partial charge in [0, 0.05) is 22.8 Å². The Morgan fingerprint density at radius 2 is 2.06 bits per heavy atom. The number of halogens is 2. The topological polar surface area (TPSA) is 118 Å². The number of carbonyl (C=O) groups is 1. The number of amidine groups is 1. The van der Waals surface area contributed by atoms with Crippen molar-refractivity contribution in [2.45, 2.75) is 74.5 Å². The van der Waals surface area contributed by atoms with E-state index in [1.165, 1.54) is 19.2 Å². The second kappa shape index (κ2) is 8.08. The van der Waals surface area contributed by atoms with Crippen LogP contribution in [0.3, 0.4) is 0 Å². The molecule has 1 amide bonds. The third kappa shape index (κ3) is 4.11. The Balaban J connectivity index is 2.21. The molecule has 0 aromatic carbocycles. The van der Waals surface area contributed by atoms with Crippen LogP contribution in [0.15, 0.2) is 21.7 Å². The lowest BCUT2D eigenvalue weighted by atomic mass is 9.80. The normalized spacial score (nSPS) is 26.7. The first-order valence-electron chi connectivity index (χ1n) is 10.0. The van der Waals surface area contributed by atoms with Crippen molar-refractivity contribution in [1.82, 2.24) is 10.3 Å². The Labute approximate surface area is 189 Å². The number of carbonyl (C=O) groups excluding carboxylic acids is 1. The highest BCUT2D eigenvalue weighted by atomic mass is 79.9. The summed E-state index contributed by atoms with van der Waals surface area (Å²) >= 11 is 3.24. The number of alkyl carbamates (subject to hydrolysis) is 1. The summed E-state index contributed by atoms with van der Waals surface area (Å²) < 4.78 is 46.8. The van der Waals surface area contributed by atoms with Gasteiger partial charge in [-0.25, -0.2) is 18.2 Å². The molecule has 2 atom stereocenters. The number of ether oxygens (including phenoxy) is 1. The summed E-state index contributed by atoms with van der Waals surface area (Å²) in [6, 6.07) is 1.43. The number of pyridine rings is 1. The number of aliphatic imine (C=N–C) groups is 1. The summed E-state index contributed by atoms with van der Waals surface area (Å²) in [5.41, 5.74) is -2.46. The van der Waals surface area contributed by atoms with Gasteiger partial charge in [0.25, 0.3) is 0 Å². The molecule has 1 aliphatic heterocycles. The lowest BCUT2D eigenvalue weighted by molar-refractivity contribution is 0.0558. The maximum Gasteiger partial charge on any atom is 0.413 e. The number of hydrogen-bond donors (Lipinski definition) is 2. The number of nitrogens with zero attached hydrogens (tertiary/aromatic N) is 2. The van der Waals surface area contributed by atoms with Crippen LogP contribution in [0, 0.1) is 5.95 Å². The Morgan fingerprint density at radius 1 is 1.42 bits per heavy atom. The molecule has 2 heterocycles. The van der Waals surface area contributed by atoms with E-state index in [1.54, 1.807) is 20.8 Å². The van der Waals surface area contributed by atoms with E-state index < -0.39 is 49.6 Å². The third-order valence-corrected chi connectivity index (χ3v) is 9.41. The Kier molecular flexibility index (Phi) is 6.27. The van der Waals surface area contributed by atoms with E-state index in [1.807, 2.05) is 0 Å². The molecule has 3 rings (SSSR count). The van der Waals surface area contributed by atoms with Gasteiger partial charge < -0.3 is 9.84 Å². The molecule has 0 radical (unpaired) electrons. The van der Waals surface area contributed by atoms with Gasteiger partial charge in [-0.1, -0.05) is 0 Å². The van der Waals surface area contributed by atoms with Crippen molar-refractivity contribution >= 4 is 37.7 Å². The summed E-state index contributed by atoms with van der Waals surface area (Å²) in [6.45, 7) is 6.14. The predicted octanol–water partition coefficient (Wildman–Crippen LogP) is 3.22. The monoisotopic (exact) mass is 519 g/mol. The summed E-state index contributed by atoms with van der Waals surface area (Å²) in [5, 5.41) is 11.0. The molecule has 0 unspecified atom stereocenters. The first kappa shape index (κ1) is 24.1. The van der Waals surface area contributed by atoms with Crippen LogP contribution in [-0.2, 0) is 20.1 Å². The number of aromatic nitrogens is 1. The fraction of sp³-hybridized carbons (Fsp3) is 0.650. The molecule has 0 saturated heterocycles. The van der Waals surface area contributed by atoms with Crippen LogP contribution < -0.4 is 5.32 Å². The van der Waals surface area contributed by atoms with E-state index in [-0.39, 0.29) is 30.7 Å². The predicted molar refractivity (Wildman–Crippen MR) is 117 cm³/mol. The average Bonchev–Trinajstić information content (AvgIpc) is 2.57. The molecule has 1 spiro atoms. The number of nitrogens with one attached hydrogen (secondary N) is 1. The SMILES string of the molecule is CC(C)(C)OC(=O)NC1=N[C@](C)(c2cc(Br)cnc2F)[C@@H](CCO)S(=O)(=O)C12CCC2. The van der Waals surface area contributed by atoms with Crippen LogP contribution in [0.25, 0.3) is 0 Å². The van der Waals surface area contributed by atoms with E-state index >= 15 is 0 Å². The van der Waals surface area contributed by atoms with Gasteiger partial charge in [0.2, 0.25) is 5.95 Å². The zero-order valence-electron chi connectivity index (χ0n) is 17.9. The zero-order chi connectivity index (χ0) is 23.2. The van der Waals surface area contributed by atoms with Gasteiger partial charge in [-0.05, 0) is 75.4 Å². The molecule has 2 aliphatic rings. The largest absolute Gasteiger partial charge is 0.444 e. The molecule has 11 heteroatoms. The third-order valence-electron chi connectivity index (χ3n) is 5.84. The molecular weight excluding hydrogens is 493 g/mol. The molecule has 8 nitrogen and oxygen atoms in total. The highest BCUT2D eigenvalue weighted by molar-refractivity contribution is 9.10. The van der Waals surface area contributed by atoms with E-state index in [2.05, 4.69) is 31.2 Å². The van der Waals surface area contributed by atoms with E-state index in [4.69, 9.17) is 4.74 Å². The number of aliphatic hydroxyl groups is 1. The lowest BCUT2D eigenvalue weighted by Gasteiger charge is -2.51. The van der Waals surface area contributed by atoms with Crippen molar-refractivity contribution in [3.05, 3.63) is 28.2 Å². The molecule has 172 valence electrons.